The fraction of sp³-hybridized carbons (Fsp3) is 0.360. The topological polar surface area (TPSA) is 52.2 Å². The standard InChI is InChI=1S/C25H26ClFN4O/c1-16-13-28-29-24(16)21-3-2-4-22(23(21)27)25(32)31-12-11-30-14-18(7-10-20(30)15-31)17-5-8-19(26)9-6-17/h2-6,8-9,13,18,20H,7,10-12,14-15H2,1H3,(H,28,29)/t18-,20+/m0/s1. The van der Waals surface area contributed by atoms with E-state index in [9.17, 15) is 4.79 Å². The molecule has 166 valence electrons. The first-order valence-electron chi connectivity index (χ1n) is 11.1. The van der Waals surface area contributed by atoms with Crippen LogP contribution in [0.2, 0.25) is 5.02 Å². The number of H-pyrrole nitrogens is 1. The average Bonchev–Trinajstić information content (AvgIpc) is 3.24. The minimum atomic E-state index is -0.499. The van der Waals surface area contributed by atoms with E-state index in [1.54, 1.807) is 24.4 Å². The molecule has 0 spiro atoms. The van der Waals surface area contributed by atoms with Gasteiger partial charge in [0.2, 0.25) is 0 Å². The van der Waals surface area contributed by atoms with E-state index in [4.69, 9.17) is 11.6 Å². The first-order valence-corrected chi connectivity index (χ1v) is 11.5. The van der Waals surface area contributed by atoms with E-state index in [1.807, 2.05) is 24.0 Å². The molecule has 2 aliphatic heterocycles. The third kappa shape index (κ3) is 3.93. The van der Waals surface area contributed by atoms with Crippen molar-refractivity contribution >= 4 is 17.5 Å². The summed E-state index contributed by atoms with van der Waals surface area (Å²) >= 11 is 6.04. The molecular formula is C25H26ClFN4O. The van der Waals surface area contributed by atoms with Crippen LogP contribution in [0.25, 0.3) is 11.3 Å². The number of hydrogen-bond donors (Lipinski definition) is 1. The van der Waals surface area contributed by atoms with Gasteiger partial charge < -0.3 is 4.90 Å². The van der Waals surface area contributed by atoms with Crippen molar-refractivity contribution in [3.05, 3.63) is 76.2 Å². The smallest absolute Gasteiger partial charge is 0.256 e. The van der Waals surface area contributed by atoms with Crippen molar-refractivity contribution in [2.45, 2.75) is 31.7 Å². The Labute approximate surface area is 192 Å². The minimum Gasteiger partial charge on any atom is -0.336 e. The highest BCUT2D eigenvalue weighted by molar-refractivity contribution is 6.30. The molecule has 2 aromatic carbocycles. The van der Waals surface area contributed by atoms with Crippen molar-refractivity contribution in [1.82, 2.24) is 20.0 Å². The molecule has 2 aliphatic rings. The Bertz CT molecular complexity index is 1130. The molecule has 0 radical (unpaired) electrons. The minimum absolute atomic E-state index is 0.119. The highest BCUT2D eigenvalue weighted by atomic mass is 35.5. The molecule has 0 saturated carbocycles. The van der Waals surface area contributed by atoms with Crippen molar-refractivity contribution in [3.63, 3.8) is 0 Å². The van der Waals surface area contributed by atoms with Gasteiger partial charge in [-0.05, 0) is 61.1 Å². The predicted molar refractivity (Wildman–Crippen MR) is 123 cm³/mol. The lowest BCUT2D eigenvalue weighted by molar-refractivity contribution is 0.0326. The number of carbonyl (C=O) groups excluding carboxylic acids is 1. The molecule has 1 N–H and O–H groups in total. The molecule has 2 atom stereocenters. The van der Waals surface area contributed by atoms with Crippen molar-refractivity contribution < 1.29 is 9.18 Å². The van der Waals surface area contributed by atoms with Crippen LogP contribution in [0.3, 0.4) is 0 Å². The molecule has 2 fully saturated rings. The van der Waals surface area contributed by atoms with Crippen LogP contribution in [0, 0.1) is 12.7 Å². The zero-order valence-corrected chi connectivity index (χ0v) is 18.8. The second-order valence-corrected chi connectivity index (χ2v) is 9.25. The van der Waals surface area contributed by atoms with Gasteiger partial charge in [0.05, 0.1) is 11.3 Å². The summed E-state index contributed by atoms with van der Waals surface area (Å²) in [6.07, 6.45) is 3.82. The normalized spacial score (nSPS) is 21.4. The monoisotopic (exact) mass is 452 g/mol. The van der Waals surface area contributed by atoms with Crippen LogP contribution in [0.4, 0.5) is 4.39 Å². The number of aryl methyl sites for hydroxylation is 1. The van der Waals surface area contributed by atoms with Crippen molar-refractivity contribution in [2.75, 3.05) is 26.2 Å². The highest BCUT2D eigenvalue weighted by Gasteiger charge is 2.35. The molecule has 2 saturated heterocycles. The van der Waals surface area contributed by atoms with Crippen LogP contribution in [0.1, 0.15) is 40.2 Å². The highest BCUT2D eigenvalue weighted by Crippen LogP contribution is 2.33. The molecule has 0 unspecified atom stereocenters. The van der Waals surface area contributed by atoms with Crippen LogP contribution in [0.15, 0.2) is 48.7 Å². The Balaban J connectivity index is 1.29. The Morgan fingerprint density at radius 3 is 2.69 bits per heavy atom. The first kappa shape index (κ1) is 21.2. The van der Waals surface area contributed by atoms with Crippen molar-refractivity contribution in [2.24, 2.45) is 0 Å². The van der Waals surface area contributed by atoms with E-state index in [0.29, 0.717) is 36.3 Å². The Kier molecular flexibility index (Phi) is 5.74. The van der Waals surface area contributed by atoms with Gasteiger partial charge in [-0.3, -0.25) is 14.8 Å². The van der Waals surface area contributed by atoms with E-state index >= 15 is 4.39 Å². The molecule has 0 bridgehead atoms. The summed E-state index contributed by atoms with van der Waals surface area (Å²) in [4.78, 5) is 17.5. The summed E-state index contributed by atoms with van der Waals surface area (Å²) in [5.74, 6) is -0.254. The first-order chi connectivity index (χ1) is 15.5. The molecule has 0 aliphatic carbocycles. The van der Waals surface area contributed by atoms with Gasteiger partial charge in [0.25, 0.3) is 5.91 Å². The lowest BCUT2D eigenvalue weighted by Gasteiger charge is -2.46. The fourth-order valence-electron chi connectivity index (χ4n) is 5.04. The number of rotatable bonds is 3. The van der Waals surface area contributed by atoms with E-state index in [2.05, 4.69) is 27.2 Å². The fourth-order valence-corrected chi connectivity index (χ4v) is 5.17. The van der Waals surface area contributed by atoms with Crippen molar-refractivity contribution in [1.29, 1.82) is 0 Å². The zero-order chi connectivity index (χ0) is 22.2. The van der Waals surface area contributed by atoms with Crippen LogP contribution < -0.4 is 0 Å². The molecule has 7 heteroatoms. The van der Waals surface area contributed by atoms with Gasteiger partial charge in [-0.25, -0.2) is 4.39 Å². The Morgan fingerprint density at radius 1 is 1.12 bits per heavy atom. The molecule has 5 rings (SSSR count). The summed E-state index contributed by atoms with van der Waals surface area (Å²) in [6.45, 7) is 4.90. The van der Waals surface area contributed by atoms with Crippen LogP contribution in [-0.2, 0) is 0 Å². The SMILES string of the molecule is Cc1c[nH]nc1-c1cccc(C(=O)N2CCN3C[C@@H](c4ccc(Cl)cc4)CC[C@@H]3C2)c1F. The summed E-state index contributed by atoms with van der Waals surface area (Å²) in [7, 11) is 0. The second kappa shape index (κ2) is 8.68. The number of fused-ring (bicyclic) bond motifs is 1. The molecule has 3 aromatic rings. The van der Waals surface area contributed by atoms with Crippen LogP contribution in [0.5, 0.6) is 0 Å². The third-order valence-electron chi connectivity index (χ3n) is 6.85. The van der Waals surface area contributed by atoms with Gasteiger partial charge >= 0.3 is 0 Å². The van der Waals surface area contributed by atoms with Crippen LogP contribution >= 0.6 is 11.6 Å². The van der Waals surface area contributed by atoms with Crippen LogP contribution in [-0.4, -0.2) is 58.1 Å². The number of piperazine rings is 1. The van der Waals surface area contributed by atoms with Gasteiger partial charge in [0, 0.05) is 49.0 Å². The predicted octanol–water partition coefficient (Wildman–Crippen LogP) is 4.88. The van der Waals surface area contributed by atoms with E-state index in [-0.39, 0.29) is 11.5 Å². The van der Waals surface area contributed by atoms with Gasteiger partial charge in [0.15, 0.2) is 0 Å². The van der Waals surface area contributed by atoms with Gasteiger partial charge in [-0.2, -0.15) is 5.10 Å². The molecule has 3 heterocycles. The van der Waals surface area contributed by atoms with E-state index in [1.165, 1.54) is 5.56 Å². The number of carbonyl (C=O) groups is 1. The molecule has 5 nitrogen and oxygen atoms in total. The van der Waals surface area contributed by atoms with E-state index in [0.717, 1.165) is 36.5 Å². The van der Waals surface area contributed by atoms with Gasteiger partial charge in [-0.1, -0.05) is 29.8 Å². The summed E-state index contributed by atoms with van der Waals surface area (Å²) in [6, 6.07) is 13.4. The largest absolute Gasteiger partial charge is 0.336 e. The number of hydrogen-bond acceptors (Lipinski definition) is 3. The molecular weight excluding hydrogens is 427 g/mol. The number of halogens is 2. The van der Waals surface area contributed by atoms with Gasteiger partial charge in [-0.15, -0.1) is 0 Å². The third-order valence-corrected chi connectivity index (χ3v) is 7.10. The quantitative estimate of drug-likeness (QED) is 0.616. The number of amides is 1. The van der Waals surface area contributed by atoms with E-state index < -0.39 is 5.82 Å². The maximum Gasteiger partial charge on any atom is 0.256 e. The number of benzene rings is 2. The summed E-state index contributed by atoms with van der Waals surface area (Å²) in [5, 5.41) is 7.67. The zero-order valence-electron chi connectivity index (χ0n) is 18.0. The number of nitrogens with one attached hydrogen (secondary N) is 1. The average molecular weight is 453 g/mol. The molecule has 1 aromatic heterocycles. The lowest BCUT2D eigenvalue weighted by atomic mass is 9.86. The number of nitrogens with zero attached hydrogens (tertiary/aromatic N) is 3. The second-order valence-electron chi connectivity index (χ2n) is 8.81. The Morgan fingerprint density at radius 2 is 1.94 bits per heavy atom. The Hall–Kier alpha value is -2.70. The molecule has 1 amide bonds. The summed E-state index contributed by atoms with van der Waals surface area (Å²) in [5.41, 5.74) is 3.19. The number of aromatic amines is 1. The number of aromatic nitrogens is 2. The number of piperidine rings is 1. The van der Waals surface area contributed by atoms with Crippen molar-refractivity contribution in [3.8, 4) is 11.3 Å². The van der Waals surface area contributed by atoms with Gasteiger partial charge in [0.1, 0.15) is 5.82 Å². The summed E-state index contributed by atoms with van der Waals surface area (Å²) < 4.78 is 15.3. The lowest BCUT2D eigenvalue weighted by Crippen LogP contribution is -2.57. The molecule has 32 heavy (non-hydrogen) atoms. The maximum absolute atomic E-state index is 15.3. The maximum atomic E-state index is 15.3.